The second kappa shape index (κ2) is 8.26. The van der Waals surface area contributed by atoms with Gasteiger partial charge in [-0.15, -0.1) is 12.4 Å². The summed E-state index contributed by atoms with van der Waals surface area (Å²) >= 11 is 7.24. The molecule has 0 saturated carbocycles. The Morgan fingerprint density at radius 2 is 1.93 bits per heavy atom. The number of rotatable bonds is 4. The number of benzene rings is 2. The minimum Gasteiger partial charge on any atom is -0.379 e. The molecule has 2 aromatic rings. The summed E-state index contributed by atoms with van der Waals surface area (Å²) in [6.07, 6.45) is 0.716. The normalized spacial score (nSPS) is 19.7. The maximum atomic E-state index is 14.2. The lowest BCUT2D eigenvalue weighted by atomic mass is 9.89. The molecule has 0 saturated heterocycles. The second-order valence-electron chi connectivity index (χ2n) is 6.08. The minimum absolute atomic E-state index is 0. The highest BCUT2D eigenvalue weighted by atomic mass is 35.5. The molecule has 0 fully saturated rings. The van der Waals surface area contributed by atoms with Crippen LogP contribution in [0, 0.1) is 5.82 Å². The lowest BCUT2D eigenvalue weighted by molar-refractivity contribution is 0.481. The van der Waals surface area contributed by atoms with Gasteiger partial charge in [0, 0.05) is 10.8 Å². The number of halogens is 3. The van der Waals surface area contributed by atoms with Gasteiger partial charge in [0.15, 0.2) is 5.17 Å². The van der Waals surface area contributed by atoms with Crippen LogP contribution in [0.5, 0.6) is 0 Å². The molecular formula is C17H18Cl2FN3O2S2. The average Bonchev–Trinajstić information content (AvgIpc) is 2.57. The van der Waals surface area contributed by atoms with E-state index in [1.54, 1.807) is 6.07 Å². The molecule has 0 spiro atoms. The van der Waals surface area contributed by atoms with E-state index in [2.05, 4.69) is 9.71 Å². The Labute approximate surface area is 173 Å². The lowest BCUT2D eigenvalue weighted by Crippen LogP contribution is -2.29. The van der Waals surface area contributed by atoms with Crippen LogP contribution in [0.25, 0.3) is 0 Å². The third-order valence-electron chi connectivity index (χ3n) is 4.15. The first kappa shape index (κ1) is 21.8. The van der Waals surface area contributed by atoms with Gasteiger partial charge in [0.25, 0.3) is 10.0 Å². The Hall–Kier alpha value is -1.48. The van der Waals surface area contributed by atoms with Gasteiger partial charge in [0.2, 0.25) is 0 Å². The van der Waals surface area contributed by atoms with Crippen molar-refractivity contribution in [3.05, 3.63) is 58.9 Å². The summed E-state index contributed by atoms with van der Waals surface area (Å²) in [6.45, 7) is 1.89. The minimum atomic E-state index is -3.94. The highest BCUT2D eigenvalue weighted by Gasteiger charge is 2.30. The molecule has 0 amide bonds. The SMILES string of the molecule is CC1(c2ccc(F)c(NS(=O)(=O)c3ccc(Cl)cc3)c2)CCSC(N)=N1.Cl. The molecule has 1 unspecified atom stereocenters. The fourth-order valence-electron chi connectivity index (χ4n) is 2.65. The predicted octanol–water partition coefficient (Wildman–Crippen LogP) is 4.37. The van der Waals surface area contributed by atoms with Gasteiger partial charge in [-0.05, 0) is 55.3 Å². The number of aliphatic imine (C=N–C) groups is 1. The van der Waals surface area contributed by atoms with E-state index in [-0.39, 0.29) is 23.0 Å². The van der Waals surface area contributed by atoms with Gasteiger partial charge in [-0.1, -0.05) is 29.4 Å². The molecule has 5 nitrogen and oxygen atoms in total. The maximum absolute atomic E-state index is 14.2. The number of nitrogens with two attached hydrogens (primary N) is 1. The number of hydrogen-bond donors (Lipinski definition) is 2. The topological polar surface area (TPSA) is 84.5 Å². The highest BCUT2D eigenvalue weighted by molar-refractivity contribution is 8.13. The fourth-order valence-corrected chi connectivity index (χ4v) is 4.81. The van der Waals surface area contributed by atoms with E-state index in [1.165, 1.54) is 48.2 Å². The number of hydrogen-bond acceptors (Lipinski definition) is 5. The van der Waals surface area contributed by atoms with Crippen LogP contribution in [0.4, 0.5) is 10.1 Å². The van der Waals surface area contributed by atoms with Crippen molar-refractivity contribution in [2.24, 2.45) is 10.7 Å². The number of anilines is 1. The van der Waals surface area contributed by atoms with Crippen molar-refractivity contribution in [3.8, 4) is 0 Å². The summed E-state index contributed by atoms with van der Waals surface area (Å²) in [5.41, 5.74) is 5.76. The molecule has 0 radical (unpaired) electrons. The van der Waals surface area contributed by atoms with Crippen molar-refractivity contribution < 1.29 is 12.8 Å². The van der Waals surface area contributed by atoms with Crippen LogP contribution in [0.1, 0.15) is 18.9 Å². The second-order valence-corrected chi connectivity index (χ2v) is 9.31. The Balaban J connectivity index is 0.00000261. The first-order valence-electron chi connectivity index (χ1n) is 7.76. The third-order valence-corrected chi connectivity index (χ3v) is 6.58. The van der Waals surface area contributed by atoms with Gasteiger partial charge in [-0.25, -0.2) is 12.8 Å². The molecule has 1 heterocycles. The van der Waals surface area contributed by atoms with Gasteiger partial charge in [-0.3, -0.25) is 9.71 Å². The van der Waals surface area contributed by atoms with Gasteiger partial charge in [0.1, 0.15) is 5.82 Å². The quantitative estimate of drug-likeness (QED) is 0.725. The number of nitrogens with one attached hydrogen (secondary N) is 1. The van der Waals surface area contributed by atoms with Crippen LogP contribution in [0.15, 0.2) is 52.4 Å². The summed E-state index contributed by atoms with van der Waals surface area (Å²) < 4.78 is 41.6. The van der Waals surface area contributed by atoms with E-state index in [1.807, 2.05) is 6.92 Å². The summed E-state index contributed by atoms with van der Waals surface area (Å²) in [7, 11) is -3.94. The van der Waals surface area contributed by atoms with Crippen molar-refractivity contribution in [2.75, 3.05) is 10.5 Å². The Morgan fingerprint density at radius 3 is 2.56 bits per heavy atom. The largest absolute Gasteiger partial charge is 0.379 e. The van der Waals surface area contributed by atoms with Gasteiger partial charge < -0.3 is 5.73 Å². The van der Waals surface area contributed by atoms with E-state index < -0.39 is 21.4 Å². The predicted molar refractivity (Wildman–Crippen MR) is 112 cm³/mol. The molecule has 2 aromatic carbocycles. The molecule has 146 valence electrons. The molecule has 1 aliphatic rings. The molecule has 0 aliphatic carbocycles. The zero-order valence-electron chi connectivity index (χ0n) is 14.3. The van der Waals surface area contributed by atoms with Crippen LogP contribution in [-0.2, 0) is 15.6 Å². The number of nitrogens with zero attached hydrogens (tertiary/aromatic N) is 1. The van der Waals surface area contributed by atoms with Gasteiger partial charge in [0.05, 0.1) is 16.1 Å². The summed E-state index contributed by atoms with van der Waals surface area (Å²) in [5.74, 6) is 0.117. The summed E-state index contributed by atoms with van der Waals surface area (Å²) in [4.78, 5) is 4.46. The molecule has 1 aliphatic heterocycles. The van der Waals surface area contributed by atoms with Crippen LogP contribution in [-0.4, -0.2) is 19.3 Å². The van der Waals surface area contributed by atoms with Crippen molar-refractivity contribution in [3.63, 3.8) is 0 Å². The Bertz CT molecular complexity index is 969. The van der Waals surface area contributed by atoms with Crippen molar-refractivity contribution >= 4 is 56.6 Å². The monoisotopic (exact) mass is 449 g/mol. The van der Waals surface area contributed by atoms with Crippen molar-refractivity contribution in [1.29, 1.82) is 0 Å². The van der Waals surface area contributed by atoms with E-state index in [4.69, 9.17) is 17.3 Å². The number of sulfonamides is 1. The van der Waals surface area contributed by atoms with Gasteiger partial charge in [-0.2, -0.15) is 0 Å². The van der Waals surface area contributed by atoms with E-state index in [9.17, 15) is 12.8 Å². The van der Waals surface area contributed by atoms with Crippen LogP contribution in [0.3, 0.4) is 0 Å². The van der Waals surface area contributed by atoms with E-state index in [0.717, 1.165) is 5.75 Å². The first-order chi connectivity index (χ1) is 12.2. The molecule has 0 bridgehead atoms. The number of amidine groups is 1. The fraction of sp³-hybridized carbons (Fsp3) is 0.235. The Morgan fingerprint density at radius 1 is 1.26 bits per heavy atom. The number of thioether (sulfide) groups is 1. The standard InChI is InChI=1S/C17H17ClFN3O2S2.ClH/c1-17(8-9-25-16(20)21-17)11-2-7-14(19)15(10-11)22-26(23,24)13-5-3-12(18)4-6-13;/h2-7,10,22H,8-9H2,1H3,(H2,20,21);1H. The Kier molecular flexibility index (Phi) is 6.68. The molecule has 3 rings (SSSR count). The maximum Gasteiger partial charge on any atom is 0.261 e. The highest BCUT2D eigenvalue weighted by Crippen LogP contribution is 2.36. The van der Waals surface area contributed by atoms with Crippen LogP contribution >= 0.6 is 35.8 Å². The molecule has 27 heavy (non-hydrogen) atoms. The van der Waals surface area contributed by atoms with Crippen LogP contribution in [0.2, 0.25) is 5.02 Å². The molecule has 0 aromatic heterocycles. The van der Waals surface area contributed by atoms with Crippen LogP contribution < -0.4 is 10.5 Å². The summed E-state index contributed by atoms with van der Waals surface area (Å²) in [5, 5.41) is 0.877. The average molecular weight is 450 g/mol. The zero-order chi connectivity index (χ0) is 18.9. The van der Waals surface area contributed by atoms with E-state index in [0.29, 0.717) is 22.2 Å². The molecule has 3 N–H and O–H groups in total. The lowest BCUT2D eigenvalue weighted by Gasteiger charge is -2.30. The van der Waals surface area contributed by atoms with Crippen molar-refractivity contribution in [2.45, 2.75) is 23.8 Å². The third kappa shape index (κ3) is 4.87. The molecule has 1 atom stereocenters. The summed E-state index contributed by atoms with van der Waals surface area (Å²) in [6, 6.07) is 9.93. The smallest absolute Gasteiger partial charge is 0.261 e. The zero-order valence-corrected chi connectivity index (χ0v) is 17.5. The van der Waals surface area contributed by atoms with Gasteiger partial charge >= 0.3 is 0 Å². The first-order valence-corrected chi connectivity index (χ1v) is 10.6. The van der Waals surface area contributed by atoms with Crippen molar-refractivity contribution in [1.82, 2.24) is 0 Å². The van der Waals surface area contributed by atoms with E-state index >= 15 is 0 Å². The molecule has 10 heteroatoms. The molecular weight excluding hydrogens is 432 g/mol.